The molecule has 2 rings (SSSR count). The first kappa shape index (κ1) is 22.1. The van der Waals surface area contributed by atoms with Crippen molar-refractivity contribution < 1.29 is 14.0 Å². The first-order valence-corrected chi connectivity index (χ1v) is 8.41. The molecule has 9 heteroatoms. The van der Waals surface area contributed by atoms with Crippen molar-refractivity contribution in [1.82, 2.24) is 20.5 Å². The van der Waals surface area contributed by atoms with Crippen LogP contribution in [0.2, 0.25) is 0 Å². The second-order valence-electron chi connectivity index (χ2n) is 6.74. The predicted molar refractivity (Wildman–Crippen MR) is 104 cm³/mol. The Morgan fingerprint density at radius 3 is 2.52 bits per heavy atom. The summed E-state index contributed by atoms with van der Waals surface area (Å²) in [6, 6.07) is 5.03. The van der Waals surface area contributed by atoms with Crippen molar-refractivity contribution in [3.05, 3.63) is 47.0 Å². The van der Waals surface area contributed by atoms with Crippen LogP contribution in [0.4, 0.5) is 4.39 Å². The van der Waals surface area contributed by atoms with Crippen LogP contribution >= 0.6 is 12.2 Å². The van der Waals surface area contributed by atoms with Gasteiger partial charge in [-0.1, -0.05) is 6.07 Å². The summed E-state index contributed by atoms with van der Waals surface area (Å²) in [5, 5.41) is 11.9. The zero-order chi connectivity index (χ0) is 20.6. The number of thiocarbonyl (C=S) groups is 1. The molecule has 2 N–H and O–H groups in total. The molecule has 27 heavy (non-hydrogen) atoms. The third-order valence-corrected chi connectivity index (χ3v) is 3.37. The molecule has 7 nitrogen and oxygen atoms in total. The van der Waals surface area contributed by atoms with Gasteiger partial charge in [0.15, 0.2) is 5.11 Å². The van der Waals surface area contributed by atoms with E-state index < -0.39 is 0 Å². The molecule has 2 aromatic rings. The lowest BCUT2D eigenvalue weighted by Gasteiger charge is -2.21. The van der Waals surface area contributed by atoms with E-state index in [1.165, 1.54) is 10.7 Å². The van der Waals surface area contributed by atoms with E-state index in [0.29, 0.717) is 16.5 Å². The van der Waals surface area contributed by atoms with Crippen LogP contribution in [0.5, 0.6) is 0 Å². The van der Waals surface area contributed by atoms with Crippen molar-refractivity contribution in [2.45, 2.75) is 40.2 Å². The minimum Gasteiger partial charge on any atom is -0.357 e. The summed E-state index contributed by atoms with van der Waals surface area (Å²) in [5.41, 5.74) is 5.42. The summed E-state index contributed by atoms with van der Waals surface area (Å²) in [6.45, 7) is 9.75. The SMILES string of the molecule is Cc1ccc(-n2ncc(C)c2/C=N/NC(=S)NC(C)(C)C)c(F)c1.O=C=O. The molecule has 0 amide bonds. The largest absolute Gasteiger partial charge is 0.373 e. The zero-order valence-corrected chi connectivity index (χ0v) is 16.6. The molecule has 0 fully saturated rings. The van der Waals surface area contributed by atoms with Crippen LogP contribution in [0, 0.1) is 19.7 Å². The van der Waals surface area contributed by atoms with E-state index in [-0.39, 0.29) is 17.5 Å². The fourth-order valence-electron chi connectivity index (χ4n) is 2.09. The Kier molecular flexibility index (Phi) is 7.96. The Morgan fingerprint density at radius 1 is 1.33 bits per heavy atom. The third kappa shape index (κ3) is 7.08. The number of halogens is 1. The van der Waals surface area contributed by atoms with Crippen molar-refractivity contribution in [1.29, 1.82) is 0 Å². The summed E-state index contributed by atoms with van der Waals surface area (Å²) < 4.78 is 15.7. The van der Waals surface area contributed by atoms with Crippen molar-refractivity contribution in [2.24, 2.45) is 5.10 Å². The number of rotatable bonds is 3. The van der Waals surface area contributed by atoms with Gasteiger partial charge in [0.25, 0.3) is 0 Å². The molecule has 0 aliphatic rings. The molecular weight excluding hydrogens is 369 g/mol. The number of hydrogen-bond acceptors (Lipinski definition) is 5. The molecule has 1 heterocycles. The maximum Gasteiger partial charge on any atom is 0.373 e. The molecule has 0 radical (unpaired) electrons. The van der Waals surface area contributed by atoms with Gasteiger partial charge in [-0.2, -0.15) is 19.8 Å². The highest BCUT2D eigenvalue weighted by Gasteiger charge is 2.12. The number of carbonyl (C=O) groups excluding carboxylic acids is 2. The van der Waals surface area contributed by atoms with E-state index >= 15 is 0 Å². The summed E-state index contributed by atoms with van der Waals surface area (Å²) in [4.78, 5) is 16.2. The fourth-order valence-corrected chi connectivity index (χ4v) is 2.45. The van der Waals surface area contributed by atoms with Gasteiger partial charge in [0, 0.05) is 5.54 Å². The average molecular weight is 391 g/mol. The Hall–Kier alpha value is -2.90. The number of hydrazone groups is 1. The number of nitrogens with zero attached hydrogens (tertiary/aromatic N) is 3. The zero-order valence-electron chi connectivity index (χ0n) is 15.8. The van der Waals surface area contributed by atoms with E-state index in [2.05, 4.69) is 20.9 Å². The molecule has 0 saturated carbocycles. The quantitative estimate of drug-likeness (QED) is 0.475. The lowest BCUT2D eigenvalue weighted by atomic mass is 10.1. The molecule has 0 atom stereocenters. The first-order chi connectivity index (χ1) is 12.6. The van der Waals surface area contributed by atoms with E-state index in [0.717, 1.165) is 11.1 Å². The third-order valence-electron chi connectivity index (χ3n) is 3.17. The number of nitrogens with one attached hydrogen (secondary N) is 2. The molecule has 0 spiro atoms. The molecule has 0 aliphatic carbocycles. The number of benzene rings is 1. The van der Waals surface area contributed by atoms with Crippen molar-refractivity contribution in [2.75, 3.05) is 0 Å². The van der Waals surface area contributed by atoms with Crippen LogP contribution in [-0.4, -0.2) is 32.8 Å². The van der Waals surface area contributed by atoms with Crippen molar-refractivity contribution in [3.8, 4) is 5.69 Å². The van der Waals surface area contributed by atoms with Crippen LogP contribution in [0.1, 0.15) is 37.6 Å². The Balaban J connectivity index is 0.00000114. The average Bonchev–Trinajstić information content (AvgIpc) is 2.87. The first-order valence-electron chi connectivity index (χ1n) is 8.00. The highest BCUT2D eigenvalue weighted by molar-refractivity contribution is 7.80. The van der Waals surface area contributed by atoms with Gasteiger partial charge in [-0.3, -0.25) is 5.43 Å². The Bertz CT molecular complexity index is 865. The Morgan fingerprint density at radius 2 is 1.96 bits per heavy atom. The summed E-state index contributed by atoms with van der Waals surface area (Å²) in [5.74, 6) is -0.328. The summed E-state index contributed by atoms with van der Waals surface area (Å²) in [7, 11) is 0. The summed E-state index contributed by atoms with van der Waals surface area (Å²) >= 11 is 5.17. The number of aryl methyl sites for hydroxylation is 2. The van der Waals surface area contributed by atoms with E-state index in [4.69, 9.17) is 21.8 Å². The van der Waals surface area contributed by atoms with E-state index in [1.54, 1.807) is 18.5 Å². The molecular formula is C18H22FN5O2S. The van der Waals surface area contributed by atoms with E-state index in [9.17, 15) is 4.39 Å². The second-order valence-corrected chi connectivity index (χ2v) is 7.15. The van der Waals surface area contributed by atoms with Crippen LogP contribution < -0.4 is 10.7 Å². The maximum atomic E-state index is 14.2. The fraction of sp³-hybridized carbons (Fsp3) is 0.333. The van der Waals surface area contributed by atoms with Gasteiger partial charge in [0.1, 0.15) is 11.5 Å². The summed E-state index contributed by atoms with van der Waals surface area (Å²) in [6.07, 6.45) is 3.50. The highest BCUT2D eigenvalue weighted by atomic mass is 32.1. The lowest BCUT2D eigenvalue weighted by molar-refractivity contribution is -0.191. The second kappa shape index (κ2) is 9.70. The lowest BCUT2D eigenvalue weighted by Crippen LogP contribution is -2.44. The van der Waals surface area contributed by atoms with Crippen LogP contribution in [0.15, 0.2) is 29.5 Å². The minimum absolute atomic E-state index is 0.150. The van der Waals surface area contributed by atoms with Gasteiger partial charge in [0.2, 0.25) is 0 Å². The Labute approximate surface area is 162 Å². The molecule has 0 saturated heterocycles. The topological polar surface area (TPSA) is 88.4 Å². The predicted octanol–water partition coefficient (Wildman–Crippen LogP) is 2.64. The molecule has 0 unspecified atom stereocenters. The molecule has 144 valence electrons. The maximum absolute atomic E-state index is 14.2. The number of hydrogen-bond donors (Lipinski definition) is 2. The van der Waals surface area contributed by atoms with Gasteiger partial charge in [0.05, 0.1) is 18.1 Å². The smallest absolute Gasteiger partial charge is 0.357 e. The standard InChI is InChI=1S/C17H22FN5S.CO2/c1-11-6-7-14(13(18)8-11)23-15(12(2)9-20-23)10-19-22-16(24)21-17(3,4)5;2-1-3/h6-10H,1-5H3,(H2,21,22,24);/b19-10+;. The van der Waals surface area contributed by atoms with Gasteiger partial charge >= 0.3 is 6.15 Å². The molecule has 1 aromatic heterocycles. The molecule has 0 bridgehead atoms. The number of aromatic nitrogens is 2. The normalized spacial score (nSPS) is 10.7. The van der Waals surface area contributed by atoms with Gasteiger partial charge in [-0.15, -0.1) is 0 Å². The molecule has 0 aliphatic heterocycles. The van der Waals surface area contributed by atoms with Crippen LogP contribution in [0.25, 0.3) is 5.69 Å². The highest BCUT2D eigenvalue weighted by Crippen LogP contribution is 2.17. The van der Waals surface area contributed by atoms with Crippen molar-refractivity contribution in [3.63, 3.8) is 0 Å². The van der Waals surface area contributed by atoms with Crippen molar-refractivity contribution >= 4 is 29.7 Å². The molecule has 1 aromatic carbocycles. The monoisotopic (exact) mass is 391 g/mol. The van der Waals surface area contributed by atoms with Gasteiger partial charge in [-0.25, -0.2) is 9.07 Å². The van der Waals surface area contributed by atoms with E-state index in [1.807, 2.05) is 40.7 Å². The van der Waals surface area contributed by atoms with Crippen LogP contribution in [-0.2, 0) is 9.59 Å². The van der Waals surface area contributed by atoms with Gasteiger partial charge in [-0.05, 0) is 70.1 Å². The van der Waals surface area contributed by atoms with Crippen LogP contribution in [0.3, 0.4) is 0 Å². The minimum atomic E-state index is -0.328. The van der Waals surface area contributed by atoms with Gasteiger partial charge < -0.3 is 5.32 Å².